The van der Waals surface area contributed by atoms with Crippen LogP contribution in [0.4, 0.5) is 0 Å². The van der Waals surface area contributed by atoms with Crippen LogP contribution < -0.4 is 4.74 Å². The molecule has 0 N–H and O–H groups in total. The summed E-state index contributed by atoms with van der Waals surface area (Å²) in [6, 6.07) is 6.12. The summed E-state index contributed by atoms with van der Waals surface area (Å²) in [6.45, 7) is 6.77. The third-order valence-electron chi connectivity index (χ3n) is 2.25. The second kappa shape index (κ2) is 6.27. The van der Waals surface area contributed by atoms with E-state index in [1.807, 2.05) is 6.07 Å². The summed E-state index contributed by atoms with van der Waals surface area (Å²) in [6.07, 6.45) is 0.979. The van der Waals surface area contributed by atoms with Crippen LogP contribution in [-0.4, -0.2) is 20.5 Å². The highest BCUT2D eigenvalue weighted by Crippen LogP contribution is 2.18. The van der Waals surface area contributed by atoms with Gasteiger partial charge in [-0.15, -0.1) is 5.54 Å². The first-order chi connectivity index (χ1) is 7.96. The molecule has 1 rings (SSSR count). The lowest BCUT2D eigenvalue weighted by atomic mass is 10.1. The van der Waals surface area contributed by atoms with Gasteiger partial charge in [-0.05, 0) is 30.2 Å². The van der Waals surface area contributed by atoms with Gasteiger partial charge in [0.1, 0.15) is 13.8 Å². The molecule has 0 spiro atoms. The monoisotopic (exact) mass is 310 g/mol. The molecule has 0 aromatic heterocycles. The van der Waals surface area contributed by atoms with E-state index >= 15 is 0 Å². The number of hydrogen-bond donors (Lipinski definition) is 0. The second-order valence-corrected chi connectivity index (χ2v) is 10.5. The van der Waals surface area contributed by atoms with E-state index in [-0.39, 0.29) is 0 Å². The molecule has 0 amide bonds. The lowest BCUT2D eigenvalue weighted by Crippen LogP contribution is -2.16. The molecule has 1 nitrogen and oxygen atoms in total. The first kappa shape index (κ1) is 14.3. The van der Waals surface area contributed by atoms with Crippen molar-refractivity contribution in [3.05, 3.63) is 29.3 Å². The largest absolute Gasteiger partial charge is 0.497 e. The Hall–Kier alpha value is -0.723. The van der Waals surface area contributed by atoms with Gasteiger partial charge in [-0.2, -0.15) is 0 Å². The van der Waals surface area contributed by atoms with Crippen LogP contribution in [0.3, 0.4) is 0 Å². The van der Waals surface area contributed by atoms with Crippen molar-refractivity contribution in [1.82, 2.24) is 0 Å². The smallest absolute Gasteiger partial charge is 0.129 e. The minimum atomic E-state index is -1.31. The summed E-state index contributed by atoms with van der Waals surface area (Å²) in [5.41, 5.74) is 5.80. The van der Waals surface area contributed by atoms with E-state index in [4.69, 9.17) is 4.74 Å². The predicted molar refractivity (Wildman–Crippen MR) is 80.7 cm³/mol. The number of rotatable bonds is 3. The Bertz CT molecular complexity index is 438. The van der Waals surface area contributed by atoms with Gasteiger partial charge in [0.2, 0.25) is 0 Å². The number of benzene rings is 1. The Morgan fingerprint density at radius 3 is 2.53 bits per heavy atom. The number of aryl methyl sites for hydroxylation is 1. The van der Waals surface area contributed by atoms with Gasteiger partial charge < -0.3 is 4.74 Å². The summed E-state index contributed by atoms with van der Waals surface area (Å²) in [7, 11) is 0.383. The fourth-order valence-corrected chi connectivity index (χ4v) is 2.32. The van der Waals surface area contributed by atoms with Crippen molar-refractivity contribution in [2.75, 3.05) is 12.4 Å². The highest BCUT2D eigenvalue weighted by atomic mass is 79.9. The third-order valence-corrected chi connectivity index (χ3v) is 3.52. The average Bonchev–Trinajstić information content (AvgIpc) is 2.26. The van der Waals surface area contributed by atoms with Crippen molar-refractivity contribution in [2.24, 2.45) is 0 Å². The fraction of sp³-hybridized carbons (Fsp3) is 0.429. The molecule has 1 aromatic rings. The van der Waals surface area contributed by atoms with Crippen LogP contribution >= 0.6 is 15.9 Å². The van der Waals surface area contributed by atoms with Crippen LogP contribution in [0.1, 0.15) is 11.1 Å². The van der Waals surface area contributed by atoms with Gasteiger partial charge >= 0.3 is 0 Å². The van der Waals surface area contributed by atoms with Crippen LogP contribution in [0.5, 0.6) is 5.75 Å². The minimum absolute atomic E-state index is 0.902. The van der Waals surface area contributed by atoms with E-state index in [1.165, 1.54) is 5.56 Å². The highest BCUT2D eigenvalue weighted by molar-refractivity contribution is 9.09. The predicted octanol–water partition coefficient (Wildman–Crippen LogP) is 3.86. The minimum Gasteiger partial charge on any atom is -0.497 e. The molecule has 0 aliphatic heterocycles. The molecular weight excluding hydrogens is 292 g/mol. The maximum Gasteiger partial charge on any atom is 0.129 e. The van der Waals surface area contributed by atoms with Crippen LogP contribution in [-0.2, 0) is 6.42 Å². The van der Waals surface area contributed by atoms with Crippen LogP contribution in [0.15, 0.2) is 18.2 Å². The van der Waals surface area contributed by atoms with Gasteiger partial charge in [0.25, 0.3) is 0 Å². The maximum absolute atomic E-state index is 5.25. The molecule has 3 heteroatoms. The standard InChI is InChI=1S/C14H19BrOSi/c1-16-14-6-5-12(8-10-17(2,3)4)13(11-14)7-9-15/h5-6,11H,7,9H2,1-4H3. The molecular formula is C14H19BrOSi. The van der Waals surface area contributed by atoms with Gasteiger partial charge in [-0.1, -0.05) is 41.5 Å². The zero-order valence-corrected chi connectivity index (χ0v) is 13.5. The number of ether oxygens (including phenoxy) is 1. The molecule has 0 saturated carbocycles. The quantitative estimate of drug-likeness (QED) is 0.468. The third kappa shape index (κ3) is 4.97. The first-order valence-corrected chi connectivity index (χ1v) is 10.3. The summed E-state index contributed by atoms with van der Waals surface area (Å²) in [5, 5.41) is 0.946. The average molecular weight is 311 g/mol. The topological polar surface area (TPSA) is 9.23 Å². The lowest BCUT2D eigenvalue weighted by molar-refractivity contribution is 0.414. The van der Waals surface area contributed by atoms with Gasteiger partial charge in [0, 0.05) is 10.9 Å². The zero-order chi connectivity index (χ0) is 12.9. The number of halogens is 1. The molecule has 0 atom stereocenters. The lowest BCUT2D eigenvalue weighted by Gasteiger charge is -2.07. The summed E-state index contributed by atoms with van der Waals surface area (Å²) in [5.74, 6) is 4.23. The molecule has 0 heterocycles. The Kier molecular flexibility index (Phi) is 5.29. The van der Waals surface area contributed by atoms with Crippen molar-refractivity contribution >= 4 is 24.0 Å². The molecule has 0 saturated heterocycles. The molecule has 0 aliphatic rings. The summed E-state index contributed by atoms with van der Waals surface area (Å²) < 4.78 is 5.25. The van der Waals surface area contributed by atoms with Crippen molar-refractivity contribution in [2.45, 2.75) is 26.1 Å². The molecule has 0 unspecified atom stereocenters. The molecule has 1 aromatic carbocycles. The Balaban J connectivity index is 3.09. The van der Waals surface area contributed by atoms with Gasteiger partial charge in [0.05, 0.1) is 7.11 Å². The molecule has 92 valence electrons. The maximum atomic E-state index is 5.25. The summed E-state index contributed by atoms with van der Waals surface area (Å²) in [4.78, 5) is 0. The summed E-state index contributed by atoms with van der Waals surface area (Å²) >= 11 is 3.48. The van der Waals surface area contributed by atoms with Crippen LogP contribution in [0.25, 0.3) is 0 Å². The number of hydrogen-bond acceptors (Lipinski definition) is 1. The van der Waals surface area contributed by atoms with Crippen LogP contribution in [0.2, 0.25) is 19.6 Å². The molecule has 0 aliphatic carbocycles. The van der Waals surface area contributed by atoms with Crippen molar-refractivity contribution < 1.29 is 4.74 Å². The highest BCUT2D eigenvalue weighted by Gasteiger charge is 2.08. The van der Waals surface area contributed by atoms with Gasteiger partial charge in [0.15, 0.2) is 0 Å². The van der Waals surface area contributed by atoms with E-state index in [1.54, 1.807) is 7.11 Å². The molecule has 0 fully saturated rings. The van der Waals surface area contributed by atoms with Gasteiger partial charge in [-0.25, -0.2) is 0 Å². The van der Waals surface area contributed by atoms with Crippen molar-refractivity contribution in [3.8, 4) is 17.2 Å². The van der Waals surface area contributed by atoms with Crippen molar-refractivity contribution in [3.63, 3.8) is 0 Å². The molecule has 0 bridgehead atoms. The van der Waals surface area contributed by atoms with Crippen LogP contribution in [0, 0.1) is 11.5 Å². The van der Waals surface area contributed by atoms with E-state index in [0.717, 1.165) is 23.1 Å². The fourth-order valence-electron chi connectivity index (χ4n) is 1.38. The number of methoxy groups -OCH3 is 1. The van der Waals surface area contributed by atoms with Crippen molar-refractivity contribution in [1.29, 1.82) is 0 Å². The molecule has 17 heavy (non-hydrogen) atoms. The Labute approximate surface area is 114 Å². The van der Waals surface area contributed by atoms with E-state index in [2.05, 4.69) is 59.2 Å². The zero-order valence-electron chi connectivity index (χ0n) is 10.9. The SMILES string of the molecule is COc1ccc(C#C[Si](C)(C)C)c(CCBr)c1. The molecule has 0 radical (unpaired) electrons. The van der Waals surface area contributed by atoms with E-state index < -0.39 is 8.07 Å². The second-order valence-electron chi connectivity index (χ2n) is 4.96. The number of alkyl halides is 1. The Morgan fingerprint density at radius 1 is 1.29 bits per heavy atom. The van der Waals surface area contributed by atoms with E-state index in [0.29, 0.717) is 0 Å². The Morgan fingerprint density at radius 2 is 2.00 bits per heavy atom. The normalized spacial score (nSPS) is 10.6. The first-order valence-electron chi connectivity index (χ1n) is 5.72. The van der Waals surface area contributed by atoms with E-state index in [9.17, 15) is 0 Å². The van der Waals surface area contributed by atoms with Gasteiger partial charge in [-0.3, -0.25) is 0 Å².